The van der Waals surface area contributed by atoms with Gasteiger partial charge in [0.05, 0.1) is 23.3 Å². The number of rotatable bonds is 5. The average molecular weight is 368 g/mol. The SMILES string of the molecule is CCc1ccc(CN2CCC3(CC2)c2nc[nH]c2CCN3CC(C)C)nc1. The lowest BCUT2D eigenvalue weighted by molar-refractivity contribution is -0.00381. The van der Waals surface area contributed by atoms with Crippen LogP contribution >= 0.6 is 0 Å². The first-order chi connectivity index (χ1) is 13.1. The number of hydrogen-bond acceptors (Lipinski definition) is 4. The van der Waals surface area contributed by atoms with Gasteiger partial charge in [-0.05, 0) is 36.8 Å². The van der Waals surface area contributed by atoms with Gasteiger partial charge in [-0.25, -0.2) is 4.98 Å². The van der Waals surface area contributed by atoms with E-state index in [0.29, 0.717) is 5.92 Å². The predicted molar refractivity (Wildman–Crippen MR) is 109 cm³/mol. The first-order valence-corrected chi connectivity index (χ1v) is 10.5. The Bertz CT molecular complexity index is 740. The fourth-order valence-corrected chi connectivity index (χ4v) is 4.85. The molecule has 4 heterocycles. The Hall–Kier alpha value is -1.72. The fourth-order valence-electron chi connectivity index (χ4n) is 4.85. The van der Waals surface area contributed by atoms with Crippen molar-refractivity contribution in [2.24, 2.45) is 5.92 Å². The van der Waals surface area contributed by atoms with Gasteiger partial charge in [0.15, 0.2) is 0 Å². The van der Waals surface area contributed by atoms with Crippen LogP contribution in [0.4, 0.5) is 0 Å². The molecule has 0 bridgehead atoms. The quantitative estimate of drug-likeness (QED) is 0.880. The van der Waals surface area contributed by atoms with Crippen LogP contribution in [0.3, 0.4) is 0 Å². The molecule has 5 nitrogen and oxygen atoms in total. The number of aromatic amines is 1. The summed E-state index contributed by atoms with van der Waals surface area (Å²) in [5, 5.41) is 0. The van der Waals surface area contributed by atoms with E-state index in [9.17, 15) is 0 Å². The van der Waals surface area contributed by atoms with E-state index in [0.717, 1.165) is 58.4 Å². The highest BCUT2D eigenvalue weighted by Crippen LogP contribution is 2.42. The van der Waals surface area contributed by atoms with Crippen LogP contribution < -0.4 is 0 Å². The molecule has 0 aromatic carbocycles. The van der Waals surface area contributed by atoms with E-state index in [2.05, 4.69) is 52.7 Å². The van der Waals surface area contributed by atoms with Gasteiger partial charge >= 0.3 is 0 Å². The summed E-state index contributed by atoms with van der Waals surface area (Å²) in [4.78, 5) is 18.1. The van der Waals surface area contributed by atoms with Gasteiger partial charge in [0, 0.05) is 51.0 Å². The molecule has 0 radical (unpaired) electrons. The molecule has 0 unspecified atom stereocenters. The largest absolute Gasteiger partial charge is 0.348 e. The third-order valence-corrected chi connectivity index (χ3v) is 6.34. The smallest absolute Gasteiger partial charge is 0.0926 e. The Morgan fingerprint density at radius 2 is 1.96 bits per heavy atom. The summed E-state index contributed by atoms with van der Waals surface area (Å²) < 4.78 is 0. The highest BCUT2D eigenvalue weighted by Gasteiger charge is 2.46. The fraction of sp³-hybridized carbons (Fsp3) is 0.636. The van der Waals surface area contributed by atoms with Crippen molar-refractivity contribution in [1.29, 1.82) is 0 Å². The predicted octanol–water partition coefficient (Wildman–Crippen LogP) is 3.37. The number of aryl methyl sites for hydroxylation is 1. The Morgan fingerprint density at radius 3 is 2.63 bits per heavy atom. The molecule has 0 amide bonds. The molecule has 4 rings (SSSR count). The van der Waals surface area contributed by atoms with Gasteiger partial charge in [0.1, 0.15) is 0 Å². The third-order valence-electron chi connectivity index (χ3n) is 6.34. The minimum atomic E-state index is 0.119. The Balaban J connectivity index is 1.48. The number of imidazole rings is 1. The van der Waals surface area contributed by atoms with Gasteiger partial charge in [-0.3, -0.25) is 14.8 Å². The zero-order chi connectivity index (χ0) is 18.9. The number of piperidine rings is 1. The topological polar surface area (TPSA) is 48.1 Å². The van der Waals surface area contributed by atoms with Crippen LogP contribution in [0.25, 0.3) is 0 Å². The highest BCUT2D eigenvalue weighted by atomic mass is 15.3. The highest BCUT2D eigenvalue weighted by molar-refractivity contribution is 5.27. The first kappa shape index (κ1) is 18.6. The maximum absolute atomic E-state index is 4.79. The van der Waals surface area contributed by atoms with E-state index in [1.165, 1.54) is 22.6 Å². The van der Waals surface area contributed by atoms with E-state index in [1.54, 1.807) is 0 Å². The van der Waals surface area contributed by atoms with Crippen molar-refractivity contribution in [2.75, 3.05) is 26.2 Å². The zero-order valence-corrected chi connectivity index (χ0v) is 17.0. The standard InChI is InChI=1S/C22H33N5/c1-4-18-5-6-19(23-13-18)15-26-11-8-22(9-12-26)21-20(24-16-25-21)7-10-27(22)14-17(2)3/h5-6,13,16-17H,4,7-12,14-15H2,1-3H3,(H,24,25). The molecule has 27 heavy (non-hydrogen) atoms. The van der Waals surface area contributed by atoms with Crippen LogP contribution in [0.2, 0.25) is 0 Å². The van der Waals surface area contributed by atoms with Crippen LogP contribution in [0.1, 0.15) is 56.3 Å². The third kappa shape index (κ3) is 3.67. The molecule has 1 saturated heterocycles. The van der Waals surface area contributed by atoms with Gasteiger partial charge in [0.2, 0.25) is 0 Å². The summed E-state index contributed by atoms with van der Waals surface area (Å²) in [6, 6.07) is 4.41. The van der Waals surface area contributed by atoms with Crippen LogP contribution in [0, 0.1) is 5.92 Å². The summed E-state index contributed by atoms with van der Waals surface area (Å²) in [6.45, 7) is 12.3. The zero-order valence-electron chi connectivity index (χ0n) is 17.0. The van der Waals surface area contributed by atoms with Crippen LogP contribution in [-0.2, 0) is 24.9 Å². The molecule has 2 aromatic rings. The average Bonchev–Trinajstić information content (AvgIpc) is 3.16. The monoisotopic (exact) mass is 367 g/mol. The minimum absolute atomic E-state index is 0.119. The van der Waals surface area contributed by atoms with Crippen LogP contribution in [0.15, 0.2) is 24.7 Å². The lowest BCUT2D eigenvalue weighted by Crippen LogP contribution is -2.57. The first-order valence-electron chi connectivity index (χ1n) is 10.5. The second-order valence-corrected chi connectivity index (χ2v) is 8.64. The van der Waals surface area contributed by atoms with Crippen LogP contribution in [-0.4, -0.2) is 50.9 Å². The molecule has 5 heteroatoms. The van der Waals surface area contributed by atoms with E-state index in [-0.39, 0.29) is 5.54 Å². The van der Waals surface area contributed by atoms with Gasteiger partial charge in [-0.1, -0.05) is 26.8 Å². The van der Waals surface area contributed by atoms with E-state index in [4.69, 9.17) is 4.98 Å². The number of nitrogens with one attached hydrogen (secondary N) is 1. The summed E-state index contributed by atoms with van der Waals surface area (Å²) in [7, 11) is 0. The molecular weight excluding hydrogens is 334 g/mol. The molecule has 0 atom stereocenters. The number of H-pyrrole nitrogens is 1. The molecule has 0 aliphatic carbocycles. The van der Waals surface area contributed by atoms with E-state index in [1.807, 2.05) is 12.5 Å². The molecule has 146 valence electrons. The van der Waals surface area contributed by atoms with Crippen LogP contribution in [0.5, 0.6) is 0 Å². The molecule has 2 aromatic heterocycles. The minimum Gasteiger partial charge on any atom is -0.348 e. The van der Waals surface area contributed by atoms with Crippen molar-refractivity contribution in [3.63, 3.8) is 0 Å². The Labute approximate surface area is 163 Å². The van der Waals surface area contributed by atoms with Crippen molar-refractivity contribution in [1.82, 2.24) is 24.8 Å². The molecule has 2 aliphatic rings. The molecule has 0 saturated carbocycles. The van der Waals surface area contributed by atoms with Crippen molar-refractivity contribution in [2.45, 2.75) is 58.5 Å². The van der Waals surface area contributed by atoms with Crippen molar-refractivity contribution < 1.29 is 0 Å². The summed E-state index contributed by atoms with van der Waals surface area (Å²) in [5.41, 5.74) is 5.30. The van der Waals surface area contributed by atoms with Crippen molar-refractivity contribution in [3.8, 4) is 0 Å². The van der Waals surface area contributed by atoms with Gasteiger partial charge < -0.3 is 4.98 Å². The second-order valence-electron chi connectivity index (χ2n) is 8.64. The number of hydrogen-bond donors (Lipinski definition) is 1. The molecule has 1 N–H and O–H groups in total. The van der Waals surface area contributed by atoms with Gasteiger partial charge in [-0.2, -0.15) is 0 Å². The van der Waals surface area contributed by atoms with E-state index < -0.39 is 0 Å². The number of nitrogens with zero attached hydrogens (tertiary/aromatic N) is 4. The Kier molecular flexibility index (Phi) is 5.33. The normalized spacial score (nSPS) is 20.3. The number of likely N-dealkylation sites (tertiary alicyclic amines) is 1. The summed E-state index contributed by atoms with van der Waals surface area (Å²) in [6.07, 6.45) is 8.40. The van der Waals surface area contributed by atoms with Gasteiger partial charge in [-0.15, -0.1) is 0 Å². The Morgan fingerprint density at radius 1 is 1.15 bits per heavy atom. The second kappa shape index (κ2) is 7.72. The molecule has 2 aliphatic heterocycles. The summed E-state index contributed by atoms with van der Waals surface area (Å²) in [5.74, 6) is 0.682. The van der Waals surface area contributed by atoms with E-state index >= 15 is 0 Å². The van der Waals surface area contributed by atoms with Crippen molar-refractivity contribution in [3.05, 3.63) is 47.3 Å². The van der Waals surface area contributed by atoms with Crippen molar-refractivity contribution >= 4 is 0 Å². The maximum Gasteiger partial charge on any atom is 0.0926 e. The van der Waals surface area contributed by atoms with Gasteiger partial charge in [0.25, 0.3) is 0 Å². The number of pyridine rings is 1. The lowest BCUT2D eigenvalue weighted by Gasteiger charge is -2.51. The maximum atomic E-state index is 4.79. The molecule has 1 fully saturated rings. The lowest BCUT2D eigenvalue weighted by atomic mass is 9.78. The molecule has 1 spiro atoms. The number of aromatic nitrogens is 3. The molecular formula is C22H33N5. The summed E-state index contributed by atoms with van der Waals surface area (Å²) >= 11 is 0. The number of fused-ring (bicyclic) bond motifs is 2.